The summed E-state index contributed by atoms with van der Waals surface area (Å²) in [4.78, 5) is 25.4. The number of carbonyl (C=O) groups is 2. The summed E-state index contributed by atoms with van der Waals surface area (Å²) in [7, 11) is 0. The van der Waals surface area contributed by atoms with Gasteiger partial charge in [0.1, 0.15) is 0 Å². The third kappa shape index (κ3) is 2.39. The molecule has 2 heterocycles. The Morgan fingerprint density at radius 2 is 2.35 bits per heavy atom. The number of hydrogen-bond acceptors (Lipinski definition) is 4. The summed E-state index contributed by atoms with van der Waals surface area (Å²) in [5, 5.41) is 11.9. The molecule has 6 heteroatoms. The molecule has 2 aliphatic rings. The molecule has 0 aromatic heterocycles. The molecule has 1 fully saturated rings. The first-order valence-corrected chi connectivity index (χ1v) is 6.62. The average Bonchev–Trinajstić information content (AvgIpc) is 2.85. The van der Waals surface area contributed by atoms with Gasteiger partial charge in [0.2, 0.25) is 5.91 Å². The summed E-state index contributed by atoms with van der Waals surface area (Å²) in [5.41, 5.74) is 2.20. The largest absolute Gasteiger partial charge is 0.394 e. The lowest BCUT2D eigenvalue weighted by molar-refractivity contribution is -0.115. The number of aliphatic hydroxyl groups is 1. The number of ether oxygens (including phenoxy) is 1. The Balaban J connectivity index is 1.77. The second-order valence-electron chi connectivity index (χ2n) is 5.02. The minimum atomic E-state index is -0.314. The quantitative estimate of drug-likeness (QED) is 0.798. The van der Waals surface area contributed by atoms with Gasteiger partial charge in [-0.1, -0.05) is 0 Å². The van der Waals surface area contributed by atoms with Gasteiger partial charge in [0, 0.05) is 24.3 Å². The topological polar surface area (TPSA) is 78.9 Å². The van der Waals surface area contributed by atoms with Crippen LogP contribution in [0.2, 0.25) is 0 Å². The average molecular weight is 276 g/mol. The van der Waals surface area contributed by atoms with Crippen molar-refractivity contribution < 1.29 is 19.4 Å². The van der Waals surface area contributed by atoms with Crippen LogP contribution in [0.5, 0.6) is 0 Å². The molecule has 0 spiro atoms. The number of fused-ring (bicyclic) bond motifs is 1. The Bertz CT molecular complexity index is 558. The zero-order valence-electron chi connectivity index (χ0n) is 11.0. The maximum Gasteiger partial charge on any atom is 0.254 e. The predicted octanol–water partition coefficient (Wildman–Crippen LogP) is 0.0145. The molecule has 1 unspecified atom stereocenters. The number of rotatable bonds is 2. The molecule has 2 amide bonds. The van der Waals surface area contributed by atoms with Crippen molar-refractivity contribution in [3.05, 3.63) is 29.3 Å². The van der Waals surface area contributed by atoms with Crippen LogP contribution in [0.15, 0.2) is 18.2 Å². The van der Waals surface area contributed by atoms with Gasteiger partial charge in [-0.2, -0.15) is 0 Å². The standard InChI is InChI=1S/C14H16N2O4/c17-8-11-7-16(3-4-20-11)14(19)9-1-2-12-10(5-9)6-13(18)15-12/h1-2,5,11,17H,3-4,6-8H2,(H,15,18). The first-order chi connectivity index (χ1) is 9.67. The van der Waals surface area contributed by atoms with Gasteiger partial charge in [-0.25, -0.2) is 0 Å². The number of amides is 2. The molecule has 1 aromatic rings. The number of benzene rings is 1. The lowest BCUT2D eigenvalue weighted by Crippen LogP contribution is -2.46. The Labute approximate surface area is 116 Å². The molecule has 0 radical (unpaired) electrons. The van der Waals surface area contributed by atoms with Crippen LogP contribution >= 0.6 is 0 Å². The molecule has 2 aliphatic heterocycles. The molecule has 1 atom stereocenters. The third-order valence-corrected chi connectivity index (χ3v) is 3.61. The van der Waals surface area contributed by atoms with Gasteiger partial charge < -0.3 is 20.1 Å². The molecular weight excluding hydrogens is 260 g/mol. The summed E-state index contributed by atoms with van der Waals surface area (Å²) in [6.45, 7) is 1.25. The summed E-state index contributed by atoms with van der Waals surface area (Å²) in [6.07, 6.45) is 0.00381. The van der Waals surface area contributed by atoms with Gasteiger partial charge in [-0.3, -0.25) is 9.59 Å². The highest BCUT2D eigenvalue weighted by Crippen LogP contribution is 2.24. The van der Waals surface area contributed by atoms with E-state index in [9.17, 15) is 9.59 Å². The van der Waals surface area contributed by atoms with Gasteiger partial charge in [0.05, 0.1) is 25.7 Å². The van der Waals surface area contributed by atoms with E-state index in [2.05, 4.69) is 5.32 Å². The Morgan fingerprint density at radius 3 is 3.15 bits per heavy atom. The van der Waals surface area contributed by atoms with E-state index in [-0.39, 0.29) is 24.5 Å². The maximum absolute atomic E-state index is 12.4. The van der Waals surface area contributed by atoms with Crippen LogP contribution in [0.1, 0.15) is 15.9 Å². The summed E-state index contributed by atoms with van der Waals surface area (Å²) < 4.78 is 5.33. The zero-order valence-corrected chi connectivity index (χ0v) is 11.0. The van der Waals surface area contributed by atoms with Crippen LogP contribution in [0.3, 0.4) is 0 Å². The first kappa shape index (κ1) is 13.1. The van der Waals surface area contributed by atoms with E-state index in [1.54, 1.807) is 23.1 Å². The lowest BCUT2D eigenvalue weighted by atomic mass is 10.1. The fourth-order valence-electron chi connectivity index (χ4n) is 2.56. The molecule has 106 valence electrons. The molecule has 2 N–H and O–H groups in total. The van der Waals surface area contributed by atoms with Crippen molar-refractivity contribution in [2.75, 3.05) is 31.6 Å². The highest BCUT2D eigenvalue weighted by atomic mass is 16.5. The van der Waals surface area contributed by atoms with Gasteiger partial charge in [-0.15, -0.1) is 0 Å². The fraction of sp³-hybridized carbons (Fsp3) is 0.429. The van der Waals surface area contributed by atoms with Gasteiger partial charge in [-0.05, 0) is 23.8 Å². The minimum Gasteiger partial charge on any atom is -0.394 e. The Morgan fingerprint density at radius 1 is 1.50 bits per heavy atom. The number of nitrogens with one attached hydrogen (secondary N) is 1. The van der Waals surface area contributed by atoms with Crippen molar-refractivity contribution in [2.45, 2.75) is 12.5 Å². The van der Waals surface area contributed by atoms with E-state index in [0.29, 0.717) is 31.7 Å². The number of nitrogens with zero attached hydrogens (tertiary/aromatic N) is 1. The van der Waals surface area contributed by atoms with E-state index in [1.165, 1.54) is 0 Å². The number of anilines is 1. The normalized spacial score (nSPS) is 21.6. The van der Waals surface area contributed by atoms with E-state index in [1.807, 2.05) is 0 Å². The van der Waals surface area contributed by atoms with Crippen LogP contribution < -0.4 is 5.32 Å². The molecule has 1 saturated heterocycles. The smallest absolute Gasteiger partial charge is 0.254 e. The monoisotopic (exact) mass is 276 g/mol. The van der Waals surface area contributed by atoms with E-state index in [4.69, 9.17) is 9.84 Å². The predicted molar refractivity (Wildman–Crippen MR) is 71.5 cm³/mol. The fourth-order valence-corrected chi connectivity index (χ4v) is 2.56. The molecule has 20 heavy (non-hydrogen) atoms. The molecule has 0 aliphatic carbocycles. The minimum absolute atomic E-state index is 0.0451. The molecule has 0 bridgehead atoms. The number of aliphatic hydroxyl groups excluding tert-OH is 1. The number of morpholine rings is 1. The van der Waals surface area contributed by atoms with Crippen molar-refractivity contribution in [2.24, 2.45) is 0 Å². The molecule has 0 saturated carbocycles. The van der Waals surface area contributed by atoms with E-state index < -0.39 is 0 Å². The zero-order chi connectivity index (χ0) is 14.1. The molecule has 1 aromatic carbocycles. The first-order valence-electron chi connectivity index (χ1n) is 6.62. The Hall–Kier alpha value is -1.92. The summed E-state index contributed by atoms with van der Waals surface area (Å²) in [6, 6.07) is 5.24. The highest BCUT2D eigenvalue weighted by molar-refractivity contribution is 6.01. The summed E-state index contributed by atoms with van der Waals surface area (Å²) >= 11 is 0. The highest BCUT2D eigenvalue weighted by Gasteiger charge is 2.26. The van der Waals surface area contributed by atoms with Gasteiger partial charge in [0.25, 0.3) is 5.91 Å². The van der Waals surface area contributed by atoms with Crippen LogP contribution in [-0.2, 0) is 16.0 Å². The van der Waals surface area contributed by atoms with Crippen LogP contribution in [-0.4, -0.2) is 54.2 Å². The van der Waals surface area contributed by atoms with Crippen molar-refractivity contribution in [3.63, 3.8) is 0 Å². The van der Waals surface area contributed by atoms with Gasteiger partial charge >= 0.3 is 0 Å². The van der Waals surface area contributed by atoms with Crippen molar-refractivity contribution in [1.29, 1.82) is 0 Å². The number of hydrogen-bond donors (Lipinski definition) is 2. The number of carbonyl (C=O) groups excluding carboxylic acids is 2. The molecule has 3 rings (SSSR count). The van der Waals surface area contributed by atoms with E-state index in [0.717, 1.165) is 11.3 Å². The maximum atomic E-state index is 12.4. The van der Waals surface area contributed by atoms with Crippen molar-refractivity contribution in [3.8, 4) is 0 Å². The SMILES string of the molecule is O=C1Cc2cc(C(=O)N3CCOC(CO)C3)ccc2N1. The van der Waals surface area contributed by atoms with Crippen molar-refractivity contribution in [1.82, 2.24) is 4.90 Å². The third-order valence-electron chi connectivity index (χ3n) is 3.61. The van der Waals surface area contributed by atoms with Crippen molar-refractivity contribution >= 4 is 17.5 Å². The van der Waals surface area contributed by atoms with Crippen LogP contribution in [0.25, 0.3) is 0 Å². The van der Waals surface area contributed by atoms with Crippen LogP contribution in [0, 0.1) is 0 Å². The second kappa shape index (κ2) is 5.22. The lowest BCUT2D eigenvalue weighted by Gasteiger charge is -2.32. The summed E-state index contributed by atoms with van der Waals surface area (Å²) in [5.74, 6) is -0.134. The molecule has 6 nitrogen and oxygen atoms in total. The Kier molecular flexibility index (Phi) is 3.42. The molecular formula is C14H16N2O4. The van der Waals surface area contributed by atoms with Crippen LogP contribution in [0.4, 0.5) is 5.69 Å². The second-order valence-corrected chi connectivity index (χ2v) is 5.02. The van der Waals surface area contributed by atoms with Gasteiger partial charge in [0.15, 0.2) is 0 Å². The van der Waals surface area contributed by atoms with E-state index >= 15 is 0 Å².